The van der Waals surface area contributed by atoms with E-state index in [1.165, 1.54) is 6.33 Å². The zero-order valence-electron chi connectivity index (χ0n) is 28.9. The van der Waals surface area contributed by atoms with Crippen LogP contribution >= 0.6 is 8.81 Å². The van der Waals surface area contributed by atoms with Crippen molar-refractivity contribution in [2.45, 2.75) is 69.2 Å². The standard InChI is InChI=1S/C38H45N6O4P/c1-27(2)44(28(3)4)32(22-39)24-48-49-33(23-43-26-42-34-35(43)40-25-41-36(34)45)38(46-5,47-6)37(29-16-10-7-11-17-29,30-18-12-8-13-19-30)31-20-14-9-15-21-31/h7-21,25-28,32-33,49H,23-24H2,1-6H3,(H,40,41,45). The van der Waals surface area contributed by atoms with Crippen molar-refractivity contribution < 1.29 is 14.0 Å². The fourth-order valence-corrected chi connectivity index (χ4v) is 8.64. The Bertz CT molecular complexity index is 1770. The van der Waals surface area contributed by atoms with Crippen LogP contribution in [0.2, 0.25) is 0 Å². The van der Waals surface area contributed by atoms with E-state index in [0.717, 1.165) is 16.7 Å². The first-order valence-corrected chi connectivity index (χ1v) is 17.4. The number of aromatic amines is 1. The highest BCUT2D eigenvalue weighted by Crippen LogP contribution is 2.54. The minimum absolute atomic E-state index is 0.147. The highest BCUT2D eigenvalue weighted by atomic mass is 31.1. The Kier molecular flexibility index (Phi) is 11.8. The summed E-state index contributed by atoms with van der Waals surface area (Å²) in [5.74, 6) is -1.41. The Morgan fingerprint density at radius 3 is 1.82 bits per heavy atom. The largest absolute Gasteiger partial charge is 0.359 e. The molecular weight excluding hydrogens is 635 g/mol. The molecule has 0 saturated heterocycles. The molecule has 3 unspecified atom stereocenters. The molecule has 0 aliphatic heterocycles. The molecule has 3 atom stereocenters. The second-order valence-electron chi connectivity index (χ2n) is 12.5. The molecule has 2 heterocycles. The maximum atomic E-state index is 12.6. The van der Waals surface area contributed by atoms with Crippen LogP contribution in [0, 0.1) is 11.3 Å². The number of fused-ring (bicyclic) bond motifs is 1. The number of hydrogen-bond donors (Lipinski definition) is 1. The molecule has 5 aromatic rings. The van der Waals surface area contributed by atoms with Crippen molar-refractivity contribution >= 4 is 20.0 Å². The topological polar surface area (TPSA) is 118 Å². The lowest BCUT2D eigenvalue weighted by molar-refractivity contribution is -0.236. The molecule has 0 spiro atoms. The summed E-state index contributed by atoms with van der Waals surface area (Å²) in [5.41, 5.74) is 1.69. The van der Waals surface area contributed by atoms with E-state index in [1.807, 2.05) is 59.2 Å². The molecular formula is C38H45N6O4P. The summed E-state index contributed by atoms with van der Waals surface area (Å²) >= 11 is 0. The normalized spacial score (nSPS) is 13.9. The molecule has 10 nitrogen and oxygen atoms in total. The SMILES string of the molecule is COC(OC)(C(Cn1cnc2c(=O)nc[nH]c21)POCC(C#N)N(C(C)C)C(C)C)C(c1ccccc1)(c1ccccc1)c1ccccc1. The Labute approximate surface area is 289 Å². The number of methoxy groups -OCH3 is 2. The highest BCUT2D eigenvalue weighted by molar-refractivity contribution is 7.33. The van der Waals surface area contributed by atoms with Crippen LogP contribution in [-0.2, 0) is 26.0 Å². The van der Waals surface area contributed by atoms with E-state index in [0.29, 0.717) is 12.2 Å². The third kappa shape index (κ3) is 6.83. The van der Waals surface area contributed by atoms with Crippen LogP contribution in [0.25, 0.3) is 11.2 Å². The van der Waals surface area contributed by atoms with Gasteiger partial charge in [-0.05, 0) is 44.4 Å². The lowest BCUT2D eigenvalue weighted by Crippen LogP contribution is -2.62. The lowest BCUT2D eigenvalue weighted by atomic mass is 9.62. The smallest absolute Gasteiger partial charge is 0.300 e. The number of imidazole rings is 1. The first kappa shape index (κ1) is 36.1. The zero-order chi connectivity index (χ0) is 35.0. The minimum Gasteiger partial charge on any atom is -0.359 e. The molecule has 1 N–H and O–H groups in total. The van der Waals surface area contributed by atoms with E-state index in [2.05, 4.69) is 90.0 Å². The summed E-state index contributed by atoms with van der Waals surface area (Å²) < 4.78 is 22.1. The molecule has 0 aliphatic carbocycles. The van der Waals surface area contributed by atoms with Crippen LogP contribution in [0.3, 0.4) is 0 Å². The zero-order valence-corrected chi connectivity index (χ0v) is 29.9. The van der Waals surface area contributed by atoms with Gasteiger partial charge in [0.2, 0.25) is 0 Å². The van der Waals surface area contributed by atoms with Crippen molar-refractivity contribution in [3.8, 4) is 6.07 Å². The number of H-pyrrole nitrogens is 1. The van der Waals surface area contributed by atoms with Gasteiger partial charge in [-0.25, -0.2) is 4.98 Å². The third-order valence-electron chi connectivity index (χ3n) is 9.18. The second-order valence-corrected chi connectivity index (χ2v) is 13.7. The predicted octanol–water partition coefficient (Wildman–Crippen LogP) is 6.13. The Morgan fingerprint density at radius 2 is 1.37 bits per heavy atom. The van der Waals surface area contributed by atoms with Crippen LogP contribution in [0.1, 0.15) is 44.4 Å². The van der Waals surface area contributed by atoms with E-state index < -0.39 is 28.5 Å². The molecule has 0 bridgehead atoms. The number of nitriles is 1. The minimum atomic E-state index is -1.41. The van der Waals surface area contributed by atoms with Gasteiger partial charge in [0, 0.05) is 41.7 Å². The third-order valence-corrected chi connectivity index (χ3v) is 10.4. The van der Waals surface area contributed by atoms with Gasteiger partial charge >= 0.3 is 5.56 Å². The van der Waals surface area contributed by atoms with Crippen molar-refractivity contribution in [3.63, 3.8) is 0 Å². The molecule has 0 amide bonds. The van der Waals surface area contributed by atoms with E-state index in [1.54, 1.807) is 20.5 Å². The van der Waals surface area contributed by atoms with E-state index in [4.69, 9.17) is 14.0 Å². The average Bonchev–Trinajstić information content (AvgIpc) is 3.54. The number of nitrogens with one attached hydrogen (secondary N) is 1. The van der Waals surface area contributed by atoms with Gasteiger partial charge in [0.05, 0.1) is 36.4 Å². The van der Waals surface area contributed by atoms with Crippen LogP contribution in [0.15, 0.2) is 108 Å². The number of nitrogens with zero attached hydrogens (tertiary/aromatic N) is 5. The van der Waals surface area contributed by atoms with Crippen molar-refractivity contribution in [1.82, 2.24) is 24.4 Å². The van der Waals surface area contributed by atoms with Crippen molar-refractivity contribution in [2.75, 3.05) is 20.8 Å². The van der Waals surface area contributed by atoms with E-state index in [9.17, 15) is 10.1 Å². The molecule has 11 heteroatoms. The number of ether oxygens (including phenoxy) is 2. The maximum absolute atomic E-state index is 12.6. The second kappa shape index (κ2) is 16.0. The molecule has 49 heavy (non-hydrogen) atoms. The first-order valence-electron chi connectivity index (χ1n) is 16.4. The number of benzene rings is 3. The van der Waals surface area contributed by atoms with Gasteiger partial charge in [0.15, 0.2) is 11.3 Å². The van der Waals surface area contributed by atoms with Gasteiger partial charge in [-0.15, -0.1) is 0 Å². The Hall–Kier alpha value is -4.23. The molecule has 0 radical (unpaired) electrons. The molecule has 0 aliphatic rings. The van der Waals surface area contributed by atoms with Crippen molar-refractivity contribution in [3.05, 3.63) is 131 Å². The molecule has 256 valence electrons. The first-order chi connectivity index (χ1) is 23.7. The number of aromatic nitrogens is 4. The molecule has 0 fully saturated rings. The Morgan fingerprint density at radius 1 is 0.857 bits per heavy atom. The van der Waals surface area contributed by atoms with Crippen molar-refractivity contribution in [2.24, 2.45) is 0 Å². The summed E-state index contributed by atoms with van der Waals surface area (Å²) in [4.78, 5) is 26.2. The van der Waals surface area contributed by atoms with Gasteiger partial charge in [0.25, 0.3) is 0 Å². The maximum Gasteiger partial charge on any atom is 0.300 e. The van der Waals surface area contributed by atoms with Gasteiger partial charge in [0.1, 0.15) is 11.7 Å². The van der Waals surface area contributed by atoms with Gasteiger partial charge in [-0.2, -0.15) is 10.2 Å². The molecule has 2 aromatic heterocycles. The summed E-state index contributed by atoms with van der Waals surface area (Å²) in [5, 5.41) is 10.3. The predicted molar refractivity (Wildman–Crippen MR) is 194 cm³/mol. The molecule has 0 saturated carbocycles. The van der Waals surface area contributed by atoms with Gasteiger partial charge < -0.3 is 23.5 Å². The highest BCUT2D eigenvalue weighted by Gasteiger charge is 2.60. The quantitative estimate of drug-likeness (QED) is 0.0751. The average molecular weight is 681 g/mol. The summed E-state index contributed by atoms with van der Waals surface area (Å²) in [6.07, 6.45) is 3.01. The van der Waals surface area contributed by atoms with Crippen LogP contribution in [0.4, 0.5) is 0 Å². The van der Waals surface area contributed by atoms with Crippen LogP contribution < -0.4 is 5.56 Å². The Balaban J connectivity index is 1.74. The van der Waals surface area contributed by atoms with Gasteiger partial charge in [-0.1, -0.05) is 91.0 Å². The van der Waals surface area contributed by atoms with Crippen molar-refractivity contribution in [1.29, 1.82) is 5.26 Å². The fourth-order valence-electron chi connectivity index (χ4n) is 7.31. The summed E-state index contributed by atoms with van der Waals surface area (Å²) in [7, 11) is 3.13. The van der Waals surface area contributed by atoms with Crippen LogP contribution in [-0.4, -0.2) is 74.8 Å². The van der Waals surface area contributed by atoms with E-state index >= 15 is 0 Å². The lowest BCUT2D eigenvalue weighted by Gasteiger charge is -2.53. The summed E-state index contributed by atoms with van der Waals surface area (Å²) in [6.45, 7) is 8.83. The molecule has 3 aromatic carbocycles. The number of hydrogen-bond acceptors (Lipinski definition) is 8. The fraction of sp³-hybridized carbons (Fsp3) is 0.368. The monoisotopic (exact) mass is 680 g/mol. The van der Waals surface area contributed by atoms with Crippen LogP contribution in [0.5, 0.6) is 0 Å². The van der Waals surface area contributed by atoms with E-state index in [-0.39, 0.29) is 33.0 Å². The molecule has 5 rings (SSSR count). The summed E-state index contributed by atoms with van der Waals surface area (Å²) in [6, 6.07) is 33.0. The number of rotatable bonds is 16. The van der Waals surface area contributed by atoms with Gasteiger partial charge in [-0.3, -0.25) is 9.69 Å².